The molecule has 1 aromatic carbocycles. The van der Waals surface area contributed by atoms with Crippen LogP contribution in [0.3, 0.4) is 0 Å². The molecule has 0 atom stereocenters. The Morgan fingerprint density at radius 1 is 1.05 bits per heavy atom. The van der Waals surface area contributed by atoms with Gasteiger partial charge in [-0.3, -0.25) is 24.6 Å². The third-order valence-electron chi connectivity index (χ3n) is 3.02. The Labute approximate surface area is 112 Å². The van der Waals surface area contributed by atoms with Crippen LogP contribution in [0, 0.1) is 10.1 Å². The molecule has 0 unspecified atom stereocenters. The molecule has 0 radical (unpaired) electrons. The zero-order chi connectivity index (χ0) is 14.3. The Kier molecular flexibility index (Phi) is 2.60. The van der Waals surface area contributed by atoms with Gasteiger partial charge < -0.3 is 4.42 Å². The van der Waals surface area contributed by atoms with Crippen molar-refractivity contribution in [1.29, 1.82) is 0 Å². The van der Waals surface area contributed by atoms with Crippen molar-refractivity contribution in [3.63, 3.8) is 0 Å². The van der Waals surface area contributed by atoms with E-state index in [-0.39, 0.29) is 12.3 Å². The van der Waals surface area contributed by atoms with Crippen molar-refractivity contribution in [3.05, 3.63) is 63.4 Å². The Morgan fingerprint density at radius 2 is 1.65 bits per heavy atom. The number of hydrogen-bond donors (Lipinski definition) is 0. The van der Waals surface area contributed by atoms with E-state index in [0.29, 0.717) is 11.1 Å². The molecule has 0 spiro atoms. The lowest BCUT2D eigenvalue weighted by atomic mass is 10.1. The molecule has 7 nitrogen and oxygen atoms in total. The predicted octanol–water partition coefficient (Wildman–Crippen LogP) is 1.98. The van der Waals surface area contributed by atoms with Gasteiger partial charge in [0.1, 0.15) is 10.7 Å². The van der Waals surface area contributed by atoms with Gasteiger partial charge in [-0.2, -0.15) is 0 Å². The smallest absolute Gasteiger partial charge is 0.404 e. The Morgan fingerprint density at radius 3 is 2.15 bits per heavy atom. The monoisotopic (exact) mass is 272 g/mol. The van der Waals surface area contributed by atoms with Gasteiger partial charge in [-0.15, -0.1) is 0 Å². The van der Waals surface area contributed by atoms with Gasteiger partial charge in [0.2, 0.25) is 0 Å². The number of nitro groups is 1. The zero-order valence-corrected chi connectivity index (χ0v) is 10.1. The Balaban J connectivity index is 1.87. The topological polar surface area (TPSA) is 93.7 Å². The molecule has 1 aliphatic heterocycles. The molecule has 0 aliphatic carbocycles. The average Bonchev–Trinajstić information content (AvgIpc) is 3.00. The minimum Gasteiger partial charge on any atom is -0.404 e. The van der Waals surface area contributed by atoms with E-state index in [0.717, 1.165) is 4.90 Å². The number of carbonyl (C=O) groups is 2. The number of imide groups is 1. The van der Waals surface area contributed by atoms with Crippen LogP contribution < -0.4 is 0 Å². The first-order valence-corrected chi connectivity index (χ1v) is 5.76. The van der Waals surface area contributed by atoms with E-state index in [2.05, 4.69) is 0 Å². The van der Waals surface area contributed by atoms with Crippen LogP contribution in [-0.2, 0) is 6.54 Å². The second kappa shape index (κ2) is 4.30. The number of fused-ring (bicyclic) bond motifs is 1. The SMILES string of the molecule is O=C1c2ccccc2C(=O)N1Cc1ccc([N+](=O)[O-])o1. The summed E-state index contributed by atoms with van der Waals surface area (Å²) in [7, 11) is 0. The fourth-order valence-corrected chi connectivity index (χ4v) is 2.09. The van der Waals surface area contributed by atoms with Gasteiger partial charge in [-0.05, 0) is 18.2 Å². The van der Waals surface area contributed by atoms with Crippen LogP contribution >= 0.6 is 0 Å². The van der Waals surface area contributed by atoms with Gasteiger partial charge >= 0.3 is 5.88 Å². The summed E-state index contributed by atoms with van der Waals surface area (Å²) in [6.07, 6.45) is 0. The highest BCUT2D eigenvalue weighted by Gasteiger charge is 2.35. The van der Waals surface area contributed by atoms with E-state index in [1.807, 2.05) is 0 Å². The Bertz CT molecular complexity index is 699. The first kappa shape index (κ1) is 12.1. The number of carbonyl (C=O) groups excluding carboxylic acids is 2. The second-order valence-corrected chi connectivity index (χ2v) is 4.24. The standard InChI is InChI=1S/C13H8N2O5/c16-12-9-3-1-2-4-10(9)13(17)14(12)7-8-5-6-11(20-8)15(18)19/h1-6H,7H2. The first-order chi connectivity index (χ1) is 9.58. The first-order valence-electron chi connectivity index (χ1n) is 5.76. The minimum absolute atomic E-state index is 0.125. The lowest BCUT2D eigenvalue weighted by molar-refractivity contribution is -0.402. The lowest BCUT2D eigenvalue weighted by Gasteiger charge is -2.11. The summed E-state index contributed by atoms with van der Waals surface area (Å²) in [6.45, 7) is -0.125. The van der Waals surface area contributed by atoms with Gasteiger partial charge in [0.25, 0.3) is 11.8 Å². The summed E-state index contributed by atoms with van der Waals surface area (Å²) in [4.78, 5) is 35.0. The van der Waals surface area contributed by atoms with Crippen LogP contribution in [0.5, 0.6) is 0 Å². The number of rotatable bonds is 3. The third-order valence-corrected chi connectivity index (χ3v) is 3.02. The van der Waals surface area contributed by atoms with E-state index < -0.39 is 22.6 Å². The molecule has 2 aromatic rings. The van der Waals surface area contributed by atoms with Crippen molar-refractivity contribution in [2.45, 2.75) is 6.54 Å². The summed E-state index contributed by atoms with van der Waals surface area (Å²) in [5.41, 5.74) is 0.664. The van der Waals surface area contributed by atoms with E-state index >= 15 is 0 Å². The molecule has 0 fully saturated rings. The van der Waals surface area contributed by atoms with Gasteiger partial charge in [-0.25, -0.2) is 0 Å². The van der Waals surface area contributed by atoms with E-state index in [1.54, 1.807) is 24.3 Å². The Hall–Kier alpha value is -2.96. The second-order valence-electron chi connectivity index (χ2n) is 4.24. The van der Waals surface area contributed by atoms with Crippen molar-refractivity contribution in [2.24, 2.45) is 0 Å². The molecular formula is C13H8N2O5. The normalized spacial score (nSPS) is 13.7. The summed E-state index contributed by atoms with van der Waals surface area (Å²) >= 11 is 0. The number of hydrogen-bond acceptors (Lipinski definition) is 5. The predicted molar refractivity (Wildman–Crippen MR) is 66.0 cm³/mol. The summed E-state index contributed by atoms with van der Waals surface area (Å²) in [6, 6.07) is 9.05. The molecule has 7 heteroatoms. The highest BCUT2D eigenvalue weighted by atomic mass is 16.6. The van der Waals surface area contributed by atoms with Gasteiger partial charge in [-0.1, -0.05) is 12.1 Å². The van der Waals surface area contributed by atoms with Crippen molar-refractivity contribution < 1.29 is 18.9 Å². The molecule has 0 saturated carbocycles. The minimum atomic E-state index is -0.675. The van der Waals surface area contributed by atoms with Crippen LogP contribution in [0.1, 0.15) is 26.5 Å². The van der Waals surface area contributed by atoms with Gasteiger partial charge in [0.05, 0.1) is 23.7 Å². The van der Waals surface area contributed by atoms with Crippen molar-refractivity contribution in [2.75, 3.05) is 0 Å². The summed E-state index contributed by atoms with van der Waals surface area (Å²) in [5, 5.41) is 10.5. The number of nitrogens with zero attached hydrogens (tertiary/aromatic N) is 2. The van der Waals surface area contributed by atoms with Crippen molar-refractivity contribution in [3.8, 4) is 0 Å². The van der Waals surface area contributed by atoms with E-state index in [4.69, 9.17) is 4.42 Å². The molecular weight excluding hydrogens is 264 g/mol. The van der Waals surface area contributed by atoms with Crippen LogP contribution in [0.4, 0.5) is 5.88 Å². The largest absolute Gasteiger partial charge is 0.433 e. The van der Waals surface area contributed by atoms with Crippen LogP contribution in [0.25, 0.3) is 0 Å². The fourth-order valence-electron chi connectivity index (χ4n) is 2.09. The summed E-state index contributed by atoms with van der Waals surface area (Å²) < 4.78 is 4.96. The molecule has 20 heavy (non-hydrogen) atoms. The highest BCUT2D eigenvalue weighted by molar-refractivity contribution is 6.21. The third kappa shape index (κ3) is 1.76. The lowest BCUT2D eigenvalue weighted by Crippen LogP contribution is -2.28. The maximum Gasteiger partial charge on any atom is 0.433 e. The molecule has 2 amide bonds. The van der Waals surface area contributed by atoms with E-state index in [1.165, 1.54) is 12.1 Å². The molecule has 100 valence electrons. The molecule has 0 saturated heterocycles. The van der Waals surface area contributed by atoms with Gasteiger partial charge in [0.15, 0.2) is 0 Å². The average molecular weight is 272 g/mol. The molecule has 2 heterocycles. The molecule has 1 aliphatic rings. The maximum atomic E-state index is 12.1. The maximum absolute atomic E-state index is 12.1. The quantitative estimate of drug-likeness (QED) is 0.483. The molecule has 0 N–H and O–H groups in total. The van der Waals surface area contributed by atoms with Crippen molar-refractivity contribution >= 4 is 17.7 Å². The highest BCUT2D eigenvalue weighted by Crippen LogP contribution is 2.25. The fraction of sp³-hybridized carbons (Fsp3) is 0.0769. The van der Waals surface area contributed by atoms with Crippen LogP contribution in [0.15, 0.2) is 40.8 Å². The number of benzene rings is 1. The summed E-state index contributed by atoms with van der Waals surface area (Å²) in [5.74, 6) is -1.09. The van der Waals surface area contributed by atoms with Crippen molar-refractivity contribution in [1.82, 2.24) is 4.90 Å². The van der Waals surface area contributed by atoms with Gasteiger partial charge in [0, 0.05) is 0 Å². The zero-order valence-electron chi connectivity index (χ0n) is 10.1. The van der Waals surface area contributed by atoms with Crippen LogP contribution in [0.2, 0.25) is 0 Å². The van der Waals surface area contributed by atoms with Crippen LogP contribution in [-0.4, -0.2) is 21.6 Å². The molecule has 0 bridgehead atoms. The molecule has 3 rings (SSSR count). The molecule has 1 aromatic heterocycles. The van der Waals surface area contributed by atoms with E-state index in [9.17, 15) is 19.7 Å². The number of furan rings is 1. The number of amides is 2.